The van der Waals surface area contributed by atoms with Gasteiger partial charge in [-0.3, -0.25) is 0 Å². The van der Waals surface area contributed by atoms with E-state index in [1.165, 1.54) is 32.1 Å². The first-order chi connectivity index (χ1) is 14.5. The molecule has 0 amide bonds. The molecule has 30 heavy (non-hydrogen) atoms. The molecule has 1 aromatic carbocycles. The number of hydrogen-bond donors (Lipinski definition) is 0. The molecule has 0 spiro atoms. The molecule has 0 bridgehead atoms. The van der Waals surface area contributed by atoms with E-state index in [2.05, 4.69) is 6.92 Å². The van der Waals surface area contributed by atoms with Gasteiger partial charge in [0.2, 0.25) is 0 Å². The van der Waals surface area contributed by atoms with Gasteiger partial charge in [-0.2, -0.15) is 0 Å². The Hall–Kier alpha value is -1.11. The third kappa shape index (κ3) is 11.3. The van der Waals surface area contributed by atoms with Crippen LogP contribution in [-0.4, -0.2) is 25.8 Å². The number of halogens is 3. The second-order valence-corrected chi connectivity index (χ2v) is 7.62. The maximum atomic E-state index is 13.9. The number of aryl methyl sites for hydroxylation is 1. The number of ether oxygens (including phenoxy) is 3. The lowest BCUT2D eigenvalue weighted by Gasteiger charge is -2.24. The molecule has 1 rings (SSSR count). The quantitative estimate of drug-likeness (QED) is 0.138. The maximum absolute atomic E-state index is 13.9. The van der Waals surface area contributed by atoms with Crippen LogP contribution in [0.5, 0.6) is 0 Å². The van der Waals surface area contributed by atoms with Crippen LogP contribution in [0.25, 0.3) is 0 Å². The van der Waals surface area contributed by atoms with Gasteiger partial charge in [0, 0.05) is 19.3 Å². The van der Waals surface area contributed by atoms with Crippen LogP contribution in [0, 0.1) is 17.5 Å². The summed E-state index contributed by atoms with van der Waals surface area (Å²) in [5, 5.41) is 0. The molecule has 0 aliphatic heterocycles. The van der Waals surface area contributed by atoms with Crippen LogP contribution in [0.1, 0.15) is 90.5 Å². The van der Waals surface area contributed by atoms with Crippen molar-refractivity contribution in [3.05, 3.63) is 35.1 Å². The second kappa shape index (κ2) is 16.6. The monoisotopic (exact) mass is 432 g/mol. The largest absolute Gasteiger partial charge is 0.330 e. The van der Waals surface area contributed by atoms with Crippen molar-refractivity contribution in [2.75, 3.05) is 13.2 Å². The molecule has 0 fully saturated rings. The molecule has 3 nitrogen and oxygen atoms in total. The van der Waals surface area contributed by atoms with Crippen molar-refractivity contribution in [2.45, 2.75) is 104 Å². The van der Waals surface area contributed by atoms with Crippen molar-refractivity contribution in [2.24, 2.45) is 0 Å². The molecule has 0 saturated carbocycles. The van der Waals surface area contributed by atoms with Gasteiger partial charge in [-0.1, -0.05) is 51.9 Å². The van der Waals surface area contributed by atoms with Crippen molar-refractivity contribution in [3.63, 3.8) is 0 Å². The van der Waals surface area contributed by atoms with Crippen molar-refractivity contribution >= 4 is 0 Å². The molecule has 0 aliphatic carbocycles. The Balaban J connectivity index is 2.53. The van der Waals surface area contributed by atoms with Gasteiger partial charge in [0.1, 0.15) is 5.82 Å². The highest BCUT2D eigenvalue weighted by Crippen LogP contribution is 2.20. The molecule has 6 heteroatoms. The first-order valence-electron chi connectivity index (χ1n) is 11.5. The summed E-state index contributed by atoms with van der Waals surface area (Å²) in [5.41, 5.74) is 0.190. The Morgan fingerprint density at radius 3 is 1.90 bits per heavy atom. The smallest absolute Gasteiger partial charge is 0.271 e. The third-order valence-electron chi connectivity index (χ3n) is 5.10. The van der Waals surface area contributed by atoms with Gasteiger partial charge in [0.25, 0.3) is 6.48 Å². The summed E-state index contributed by atoms with van der Waals surface area (Å²) < 4.78 is 57.4. The average molecular weight is 433 g/mol. The van der Waals surface area contributed by atoms with Gasteiger partial charge < -0.3 is 14.2 Å². The maximum Gasteiger partial charge on any atom is 0.271 e. The highest BCUT2D eigenvalue weighted by Gasteiger charge is 2.18. The lowest BCUT2D eigenvalue weighted by atomic mass is 10.0. The Morgan fingerprint density at radius 1 is 0.700 bits per heavy atom. The molecule has 0 N–H and O–H groups in total. The molecule has 1 atom stereocenters. The van der Waals surface area contributed by atoms with Crippen molar-refractivity contribution in [3.8, 4) is 0 Å². The highest BCUT2D eigenvalue weighted by atomic mass is 19.2. The summed E-state index contributed by atoms with van der Waals surface area (Å²) in [6, 6.07) is 1.55. The topological polar surface area (TPSA) is 27.7 Å². The van der Waals surface area contributed by atoms with Crippen molar-refractivity contribution < 1.29 is 27.4 Å². The Kier molecular flexibility index (Phi) is 14.9. The summed E-state index contributed by atoms with van der Waals surface area (Å²) in [6.07, 6.45) is 10.9. The van der Waals surface area contributed by atoms with E-state index in [0.29, 0.717) is 38.5 Å². The minimum Gasteiger partial charge on any atom is -0.330 e. The average Bonchev–Trinajstić information content (AvgIpc) is 2.71. The first kappa shape index (κ1) is 26.9. The Labute approximate surface area is 180 Å². The predicted octanol–water partition coefficient (Wildman–Crippen LogP) is 7.31. The van der Waals surface area contributed by atoms with E-state index in [-0.39, 0.29) is 11.7 Å². The molecule has 174 valence electrons. The number of rotatable bonds is 18. The number of hydrogen-bond acceptors (Lipinski definition) is 3. The zero-order chi connectivity index (χ0) is 22.2. The summed E-state index contributed by atoms with van der Waals surface area (Å²) in [7, 11) is 0. The fraction of sp³-hybridized carbons (Fsp3) is 0.750. The van der Waals surface area contributed by atoms with E-state index in [0.717, 1.165) is 25.3 Å². The minimum absolute atomic E-state index is 0.0860. The lowest BCUT2D eigenvalue weighted by molar-refractivity contribution is -0.302. The van der Waals surface area contributed by atoms with Gasteiger partial charge in [0.05, 0.1) is 6.10 Å². The first-order valence-corrected chi connectivity index (χ1v) is 11.5. The van der Waals surface area contributed by atoms with Gasteiger partial charge >= 0.3 is 0 Å². The molecule has 1 unspecified atom stereocenters. The molecule has 1 aromatic rings. The second-order valence-electron chi connectivity index (χ2n) is 7.62. The summed E-state index contributed by atoms with van der Waals surface area (Å²) in [6.45, 7) is 6.22. The van der Waals surface area contributed by atoms with Crippen molar-refractivity contribution in [1.29, 1.82) is 0 Å². The van der Waals surface area contributed by atoms with E-state index < -0.39 is 23.9 Å². The fourth-order valence-electron chi connectivity index (χ4n) is 3.44. The standard InChI is InChI=1S/C24H39F3O3/c1-4-7-8-9-10-11-12-15-20(30-24(28-5-2)29-6-3)16-13-14-19-17-22(26)23(27)18-21(19)25/h17-18,20,24H,4-16H2,1-3H3. The minimum atomic E-state index is -1.16. The van der Waals surface area contributed by atoms with E-state index in [9.17, 15) is 13.2 Å². The fourth-order valence-corrected chi connectivity index (χ4v) is 3.44. The lowest BCUT2D eigenvalue weighted by Crippen LogP contribution is -2.27. The zero-order valence-electron chi connectivity index (χ0n) is 18.9. The molecular weight excluding hydrogens is 393 g/mol. The number of unbranched alkanes of at least 4 members (excludes halogenated alkanes) is 6. The molecular formula is C24H39F3O3. The highest BCUT2D eigenvalue weighted by molar-refractivity contribution is 5.20. The molecule has 0 aliphatic rings. The Bertz CT molecular complexity index is 563. The number of benzene rings is 1. The summed E-state index contributed by atoms with van der Waals surface area (Å²) in [5.74, 6) is -2.89. The zero-order valence-corrected chi connectivity index (χ0v) is 18.9. The van der Waals surface area contributed by atoms with E-state index >= 15 is 0 Å². The van der Waals surface area contributed by atoms with E-state index in [4.69, 9.17) is 14.2 Å². The Morgan fingerprint density at radius 2 is 1.27 bits per heavy atom. The normalized spacial score (nSPS) is 12.6. The summed E-state index contributed by atoms with van der Waals surface area (Å²) in [4.78, 5) is 0. The van der Waals surface area contributed by atoms with Crippen LogP contribution < -0.4 is 0 Å². The molecule has 0 aromatic heterocycles. The van der Waals surface area contributed by atoms with Gasteiger partial charge in [-0.05, 0) is 51.2 Å². The van der Waals surface area contributed by atoms with Crippen LogP contribution in [-0.2, 0) is 20.6 Å². The molecule has 0 heterocycles. The van der Waals surface area contributed by atoms with E-state index in [1.54, 1.807) is 0 Å². The van der Waals surface area contributed by atoms with Gasteiger partial charge in [-0.15, -0.1) is 0 Å². The van der Waals surface area contributed by atoms with Crippen LogP contribution in [0.2, 0.25) is 0 Å². The van der Waals surface area contributed by atoms with E-state index in [1.807, 2.05) is 13.8 Å². The third-order valence-corrected chi connectivity index (χ3v) is 5.10. The van der Waals surface area contributed by atoms with Gasteiger partial charge in [-0.25, -0.2) is 13.2 Å². The van der Waals surface area contributed by atoms with Gasteiger partial charge in [0.15, 0.2) is 11.6 Å². The van der Waals surface area contributed by atoms with Crippen LogP contribution in [0.3, 0.4) is 0 Å². The summed E-state index contributed by atoms with van der Waals surface area (Å²) >= 11 is 0. The van der Waals surface area contributed by atoms with Crippen LogP contribution in [0.4, 0.5) is 13.2 Å². The van der Waals surface area contributed by atoms with Crippen LogP contribution >= 0.6 is 0 Å². The molecule has 0 saturated heterocycles. The molecule has 0 radical (unpaired) electrons. The van der Waals surface area contributed by atoms with Crippen molar-refractivity contribution in [1.82, 2.24) is 0 Å². The SMILES string of the molecule is CCCCCCCCCC(CCCc1cc(F)c(F)cc1F)OC(OCC)OCC. The predicted molar refractivity (Wildman–Crippen MR) is 114 cm³/mol. The van der Waals surface area contributed by atoms with Crippen LogP contribution in [0.15, 0.2) is 12.1 Å².